The molecular weight excluding hydrogens is 966 g/mol. The number of hydrogen-bond acceptors (Lipinski definition) is 1. The van der Waals surface area contributed by atoms with Gasteiger partial charge in [-0.1, -0.05) is 144 Å². The van der Waals surface area contributed by atoms with Crippen molar-refractivity contribution < 1.29 is 13.2 Å². The lowest BCUT2D eigenvalue weighted by atomic mass is 9.95. The quantitative estimate of drug-likeness (QED) is 0.147. The average Bonchev–Trinajstić information content (AvgIpc) is 4.05. The monoisotopic (exact) mass is 1020 g/mol. The Kier molecular flexibility index (Phi) is 11.8. The summed E-state index contributed by atoms with van der Waals surface area (Å²) in [6, 6.07) is 61.7. The predicted octanol–water partition coefficient (Wildman–Crippen LogP) is 20.1. The summed E-state index contributed by atoms with van der Waals surface area (Å²) in [5, 5.41) is 15.4. The maximum absolute atomic E-state index is 14.9. The van der Waals surface area contributed by atoms with Crippen LogP contribution >= 0.6 is 0 Å². The van der Waals surface area contributed by atoms with Crippen LogP contribution in [0.15, 0.2) is 176 Å². The van der Waals surface area contributed by atoms with Crippen LogP contribution < -0.4 is 0 Å². The molecule has 2 heterocycles. The largest absolute Gasteiger partial charge is 0.415 e. The van der Waals surface area contributed by atoms with Crippen LogP contribution in [0.4, 0.5) is 18.9 Å². The summed E-state index contributed by atoms with van der Waals surface area (Å²) in [6.07, 6.45) is -4.75. The summed E-state index contributed by atoms with van der Waals surface area (Å²) in [5.41, 5.74) is 21.7. The molecule has 0 unspecified atom stereocenters. The van der Waals surface area contributed by atoms with Gasteiger partial charge in [0.1, 0.15) is 0 Å². The first-order valence-electron chi connectivity index (χ1n) is 26.1. The van der Waals surface area contributed by atoms with Gasteiger partial charge in [0.25, 0.3) is 0 Å². The molecule has 0 aliphatic rings. The lowest BCUT2D eigenvalue weighted by molar-refractivity contribution is -0.137. The van der Waals surface area contributed by atoms with Crippen molar-refractivity contribution in [3.63, 3.8) is 0 Å². The second kappa shape index (κ2) is 18.7. The zero-order chi connectivity index (χ0) is 54.5. The van der Waals surface area contributed by atoms with Gasteiger partial charge in [0.15, 0.2) is 5.69 Å². The fourth-order valence-electron chi connectivity index (χ4n) is 12.0. The van der Waals surface area contributed by atoms with E-state index in [0.717, 1.165) is 145 Å². The molecule has 78 heavy (non-hydrogen) atoms. The van der Waals surface area contributed by atoms with E-state index in [-0.39, 0.29) is 22.4 Å². The summed E-state index contributed by atoms with van der Waals surface area (Å²) in [5.74, 6) is 0. The van der Waals surface area contributed by atoms with Crippen LogP contribution in [0.2, 0.25) is 0 Å². The van der Waals surface area contributed by atoms with E-state index in [9.17, 15) is 18.4 Å². The highest BCUT2D eigenvalue weighted by atomic mass is 19.4. The third kappa shape index (κ3) is 8.40. The lowest BCUT2D eigenvalue weighted by Gasteiger charge is -2.21. The Balaban J connectivity index is 1.28. The van der Waals surface area contributed by atoms with E-state index in [1.54, 1.807) is 0 Å². The highest BCUT2D eigenvalue weighted by Crippen LogP contribution is 2.46. The Morgan fingerprint density at radius 1 is 0.385 bits per heavy atom. The number of rotatable bonds is 7. The Labute approximate surface area is 452 Å². The summed E-state index contributed by atoms with van der Waals surface area (Å²) in [6.45, 7) is 24.8. The van der Waals surface area contributed by atoms with Crippen LogP contribution in [-0.2, 0) is 6.18 Å². The average molecular weight is 1020 g/mol. The summed E-state index contributed by atoms with van der Waals surface area (Å²) < 4.78 is 49.1. The molecule has 12 rings (SSSR count). The maximum Gasteiger partial charge on any atom is 0.415 e. The molecule has 0 bridgehead atoms. The van der Waals surface area contributed by atoms with Crippen molar-refractivity contribution in [2.24, 2.45) is 0 Å². The van der Waals surface area contributed by atoms with Crippen molar-refractivity contribution in [2.45, 2.75) is 61.6 Å². The molecule has 12 aromatic rings. The van der Waals surface area contributed by atoms with Gasteiger partial charge >= 0.3 is 6.18 Å². The number of benzene rings is 10. The van der Waals surface area contributed by atoms with Gasteiger partial charge in [0, 0.05) is 32.7 Å². The molecule has 0 aliphatic carbocycles. The third-order valence-electron chi connectivity index (χ3n) is 15.7. The van der Waals surface area contributed by atoms with Crippen molar-refractivity contribution in [1.82, 2.24) is 9.13 Å². The molecule has 0 saturated heterocycles. The number of aryl methyl sites for hydroxylation is 8. The summed E-state index contributed by atoms with van der Waals surface area (Å²) in [4.78, 5) is 3.51. The molecule has 0 N–H and O–H groups in total. The van der Waals surface area contributed by atoms with Crippen molar-refractivity contribution in [2.75, 3.05) is 0 Å². The molecule has 378 valence electrons. The van der Waals surface area contributed by atoms with E-state index < -0.39 is 11.7 Å². The van der Waals surface area contributed by atoms with Crippen molar-refractivity contribution in [3.8, 4) is 73.1 Å². The molecule has 2 aromatic heterocycles. The fraction of sp³-hybridized carbons (Fsp3) is 0.127. The number of halogens is 3. The van der Waals surface area contributed by atoms with Crippen LogP contribution in [-0.4, -0.2) is 9.13 Å². The molecule has 0 radical (unpaired) electrons. The minimum absolute atomic E-state index is 0.115. The fourth-order valence-corrected chi connectivity index (χ4v) is 12.0. The number of alkyl halides is 3. The van der Waals surface area contributed by atoms with Gasteiger partial charge < -0.3 is 9.13 Å². The number of fused-ring (bicyclic) bond motifs is 6. The zero-order valence-electron chi connectivity index (χ0n) is 44.7. The maximum atomic E-state index is 14.9. The summed E-state index contributed by atoms with van der Waals surface area (Å²) in [7, 11) is 0. The molecule has 0 saturated carbocycles. The Bertz CT molecular complexity index is 4390. The van der Waals surface area contributed by atoms with Gasteiger partial charge in [-0.05, 0) is 182 Å². The van der Waals surface area contributed by atoms with Crippen molar-refractivity contribution >= 4 is 49.3 Å². The normalized spacial score (nSPS) is 11.8. The first kappa shape index (κ1) is 49.4. The van der Waals surface area contributed by atoms with Crippen LogP contribution in [0.1, 0.15) is 55.6 Å². The van der Waals surface area contributed by atoms with E-state index in [1.165, 1.54) is 6.07 Å². The van der Waals surface area contributed by atoms with Gasteiger partial charge in [0.05, 0.1) is 51.6 Å². The SMILES string of the molecule is [C-]#[N+]c1cc(-c2cc(-n3c4cc(-c5ccc(C)cc5C)ccc4c4ccc(-c5ccc(C)cc5C)cc43)c(-n3c4cc(-c5ccc(C)cc5C)ccc4c4ccc(-c5ccc(C)cc5C)cc43)cc2C#N)cc(C(F)(F)F)c1. The molecule has 0 spiro atoms. The standard InChI is InChI=1S/C71H53F3N4/c1-40-10-18-56(44(5)26-40)48-14-22-60-61-23-15-49(57-19-11-41(2)27-45(57)6)33-66(61)77(65(60)32-48)69-36-53(39-75)64(52-30-54(71(72,73)74)37-55(31-52)76-9)38-70(69)78-67-34-50(58-20-12-42(3)28-46(58)7)16-24-62(67)63-25-17-51(35-68(63)78)59-21-13-43(4)29-47(59)8/h10-38H,1-8H3. The lowest BCUT2D eigenvalue weighted by Crippen LogP contribution is -2.07. The Hall–Kier alpha value is -9.43. The van der Waals surface area contributed by atoms with Gasteiger partial charge in [-0.2, -0.15) is 18.4 Å². The van der Waals surface area contributed by atoms with E-state index in [0.29, 0.717) is 11.4 Å². The van der Waals surface area contributed by atoms with E-state index in [4.69, 9.17) is 6.57 Å². The van der Waals surface area contributed by atoms with Crippen molar-refractivity contribution in [3.05, 3.63) is 243 Å². The molecule has 10 aromatic carbocycles. The highest BCUT2D eigenvalue weighted by Gasteiger charge is 2.32. The summed E-state index contributed by atoms with van der Waals surface area (Å²) >= 11 is 0. The predicted molar refractivity (Wildman–Crippen MR) is 316 cm³/mol. The van der Waals surface area contributed by atoms with Crippen LogP contribution in [0.5, 0.6) is 0 Å². The van der Waals surface area contributed by atoms with Gasteiger partial charge in [-0.3, -0.25) is 0 Å². The third-order valence-corrected chi connectivity index (χ3v) is 15.7. The van der Waals surface area contributed by atoms with Gasteiger partial charge in [0.2, 0.25) is 0 Å². The van der Waals surface area contributed by atoms with Gasteiger partial charge in [-0.25, -0.2) is 4.85 Å². The molecule has 7 heteroatoms. The molecule has 0 amide bonds. The minimum atomic E-state index is -4.75. The number of hydrogen-bond donors (Lipinski definition) is 0. The smallest absolute Gasteiger partial charge is 0.307 e. The molecule has 0 fully saturated rings. The minimum Gasteiger partial charge on any atom is -0.307 e. The Morgan fingerprint density at radius 3 is 1.04 bits per heavy atom. The number of nitrogens with zero attached hydrogens (tertiary/aromatic N) is 4. The van der Waals surface area contributed by atoms with Gasteiger partial charge in [-0.15, -0.1) is 0 Å². The van der Waals surface area contributed by atoms with Crippen LogP contribution in [0.25, 0.3) is 115 Å². The van der Waals surface area contributed by atoms with E-state index in [2.05, 4.69) is 221 Å². The molecular formula is C71H53F3N4. The topological polar surface area (TPSA) is 38.0 Å². The number of nitriles is 1. The van der Waals surface area contributed by atoms with Crippen LogP contribution in [0, 0.1) is 73.3 Å². The molecule has 0 aliphatic heterocycles. The first-order chi connectivity index (χ1) is 37.5. The van der Waals surface area contributed by atoms with E-state index >= 15 is 0 Å². The molecule has 0 atom stereocenters. The zero-order valence-corrected chi connectivity index (χ0v) is 44.7. The van der Waals surface area contributed by atoms with Crippen LogP contribution in [0.3, 0.4) is 0 Å². The van der Waals surface area contributed by atoms with E-state index in [1.807, 2.05) is 12.1 Å². The second-order valence-electron chi connectivity index (χ2n) is 21.2. The first-order valence-corrected chi connectivity index (χ1v) is 26.1. The van der Waals surface area contributed by atoms with Crippen molar-refractivity contribution in [1.29, 1.82) is 5.26 Å². The molecule has 4 nitrogen and oxygen atoms in total. The highest BCUT2D eigenvalue weighted by molar-refractivity contribution is 6.14. The second-order valence-corrected chi connectivity index (χ2v) is 21.2. The number of aromatic nitrogens is 2. The Morgan fingerprint density at radius 2 is 0.731 bits per heavy atom.